The molecule has 0 aromatic heterocycles. The predicted molar refractivity (Wildman–Crippen MR) is 106 cm³/mol. The van der Waals surface area contributed by atoms with Crippen molar-refractivity contribution >= 4 is 34.0 Å². The lowest BCUT2D eigenvalue weighted by atomic mass is 10.1. The lowest BCUT2D eigenvalue weighted by molar-refractivity contribution is 0.0948. The van der Waals surface area contributed by atoms with Crippen molar-refractivity contribution < 1.29 is 13.2 Å². The predicted octanol–water partition coefficient (Wildman–Crippen LogP) is 2.54. The van der Waals surface area contributed by atoms with E-state index in [2.05, 4.69) is 10.0 Å². The molecule has 8 heteroatoms. The van der Waals surface area contributed by atoms with Crippen LogP contribution in [-0.2, 0) is 10.0 Å². The van der Waals surface area contributed by atoms with Crippen LogP contribution >= 0.6 is 12.4 Å². The van der Waals surface area contributed by atoms with E-state index in [-0.39, 0.29) is 34.7 Å². The number of sulfonamides is 1. The number of nitrogens with two attached hydrogens (primary N) is 1. The molecule has 1 amide bonds. The first-order chi connectivity index (χ1) is 11.8. The average Bonchev–Trinajstić information content (AvgIpc) is 2.61. The number of aryl methyl sites for hydroxylation is 1. The highest BCUT2D eigenvalue weighted by molar-refractivity contribution is 7.92. The van der Waals surface area contributed by atoms with E-state index in [1.807, 2.05) is 26.0 Å². The Labute approximate surface area is 160 Å². The van der Waals surface area contributed by atoms with Crippen LogP contribution in [0, 0.1) is 12.8 Å². The van der Waals surface area contributed by atoms with Gasteiger partial charge in [-0.05, 0) is 49.7 Å². The van der Waals surface area contributed by atoms with E-state index in [4.69, 9.17) is 5.73 Å². The zero-order valence-electron chi connectivity index (χ0n) is 14.7. The van der Waals surface area contributed by atoms with Crippen LogP contribution in [0.15, 0.2) is 53.4 Å². The molecule has 142 valence electrons. The number of rotatable bonds is 7. The highest BCUT2D eigenvalue weighted by atomic mass is 35.5. The molecule has 0 aliphatic rings. The van der Waals surface area contributed by atoms with Crippen molar-refractivity contribution in [1.29, 1.82) is 0 Å². The summed E-state index contributed by atoms with van der Waals surface area (Å²) in [4.78, 5) is 12.2. The minimum absolute atomic E-state index is 0. The van der Waals surface area contributed by atoms with Crippen LogP contribution in [0.4, 0.5) is 5.69 Å². The molecule has 0 aliphatic heterocycles. The van der Waals surface area contributed by atoms with Gasteiger partial charge in [0.15, 0.2) is 0 Å². The summed E-state index contributed by atoms with van der Waals surface area (Å²) in [6, 6.07) is 13.0. The fraction of sp³-hybridized carbons (Fsp3) is 0.278. The molecule has 1 unspecified atom stereocenters. The van der Waals surface area contributed by atoms with Crippen molar-refractivity contribution in [2.45, 2.75) is 18.7 Å². The molecule has 0 spiro atoms. The maximum absolute atomic E-state index is 12.5. The van der Waals surface area contributed by atoms with Gasteiger partial charge < -0.3 is 11.1 Å². The summed E-state index contributed by atoms with van der Waals surface area (Å²) in [7, 11) is -3.77. The number of nitrogens with one attached hydrogen (secondary N) is 2. The Bertz CT molecular complexity index is 839. The molecule has 0 saturated carbocycles. The van der Waals surface area contributed by atoms with E-state index < -0.39 is 10.0 Å². The van der Waals surface area contributed by atoms with Crippen molar-refractivity contribution in [2.24, 2.45) is 11.7 Å². The molecule has 2 aromatic rings. The highest BCUT2D eigenvalue weighted by Gasteiger charge is 2.16. The minimum Gasteiger partial charge on any atom is -0.352 e. The summed E-state index contributed by atoms with van der Waals surface area (Å²) in [5.74, 6) is -0.174. The highest BCUT2D eigenvalue weighted by Crippen LogP contribution is 2.17. The van der Waals surface area contributed by atoms with Gasteiger partial charge in [0.05, 0.1) is 4.90 Å². The molecule has 6 nitrogen and oxygen atoms in total. The normalized spacial score (nSPS) is 12.0. The molecule has 0 fully saturated rings. The van der Waals surface area contributed by atoms with Crippen LogP contribution in [0.1, 0.15) is 22.8 Å². The van der Waals surface area contributed by atoms with Crippen molar-refractivity contribution in [1.82, 2.24) is 5.32 Å². The van der Waals surface area contributed by atoms with Crippen molar-refractivity contribution in [3.05, 3.63) is 59.7 Å². The van der Waals surface area contributed by atoms with Gasteiger partial charge in [-0.15, -0.1) is 12.4 Å². The second-order valence-electron chi connectivity index (χ2n) is 6.05. The summed E-state index contributed by atoms with van der Waals surface area (Å²) in [5.41, 5.74) is 7.31. The van der Waals surface area contributed by atoms with E-state index in [0.717, 1.165) is 5.56 Å². The zero-order chi connectivity index (χ0) is 18.4. The van der Waals surface area contributed by atoms with E-state index in [1.165, 1.54) is 12.1 Å². The van der Waals surface area contributed by atoms with Gasteiger partial charge in [0.2, 0.25) is 0 Å². The topological polar surface area (TPSA) is 101 Å². The lowest BCUT2D eigenvalue weighted by Gasteiger charge is -2.12. The summed E-state index contributed by atoms with van der Waals surface area (Å²) in [6.07, 6.45) is 0. The summed E-state index contributed by atoms with van der Waals surface area (Å²) in [6.45, 7) is 4.75. The van der Waals surface area contributed by atoms with Crippen LogP contribution in [0.5, 0.6) is 0 Å². The number of amides is 1. The monoisotopic (exact) mass is 397 g/mol. The number of hydrogen-bond donors (Lipinski definition) is 3. The van der Waals surface area contributed by atoms with Gasteiger partial charge in [-0.1, -0.05) is 30.7 Å². The second kappa shape index (κ2) is 9.56. The van der Waals surface area contributed by atoms with Gasteiger partial charge in [0.1, 0.15) is 0 Å². The molecule has 0 bridgehead atoms. The van der Waals surface area contributed by atoms with Crippen molar-refractivity contribution in [3.63, 3.8) is 0 Å². The number of benzene rings is 2. The summed E-state index contributed by atoms with van der Waals surface area (Å²) in [5, 5.41) is 2.75. The largest absolute Gasteiger partial charge is 0.352 e. The van der Waals surface area contributed by atoms with Gasteiger partial charge >= 0.3 is 0 Å². The maximum atomic E-state index is 12.5. The first kappa shape index (κ1) is 22.0. The van der Waals surface area contributed by atoms with E-state index in [9.17, 15) is 13.2 Å². The number of carbonyl (C=O) groups is 1. The zero-order valence-corrected chi connectivity index (χ0v) is 16.4. The third-order valence-corrected chi connectivity index (χ3v) is 5.10. The standard InChI is InChI=1S/C18H23N3O3S.ClH/c1-13-6-8-16(9-7-13)21-25(23,24)17-5-3-4-15(10-17)18(22)20-12-14(2)11-19;/h3-10,14,21H,11-12,19H2,1-2H3,(H,20,22);1H. The number of anilines is 1. The van der Waals surface area contributed by atoms with Crippen LogP contribution in [0.3, 0.4) is 0 Å². The average molecular weight is 398 g/mol. The number of halogens is 1. The fourth-order valence-electron chi connectivity index (χ4n) is 2.09. The lowest BCUT2D eigenvalue weighted by Crippen LogP contribution is -2.31. The van der Waals surface area contributed by atoms with Crippen LogP contribution < -0.4 is 15.8 Å². The van der Waals surface area contributed by atoms with Gasteiger partial charge in [-0.25, -0.2) is 8.42 Å². The van der Waals surface area contributed by atoms with Crippen molar-refractivity contribution in [3.8, 4) is 0 Å². The Kier molecular flexibility index (Phi) is 8.08. The van der Waals surface area contributed by atoms with E-state index in [0.29, 0.717) is 18.8 Å². The molecule has 0 saturated heterocycles. The molecular formula is C18H24ClN3O3S. The Morgan fingerprint density at radius 3 is 2.42 bits per heavy atom. The third-order valence-electron chi connectivity index (χ3n) is 3.72. The van der Waals surface area contributed by atoms with E-state index in [1.54, 1.807) is 24.3 Å². The molecular weight excluding hydrogens is 374 g/mol. The van der Waals surface area contributed by atoms with Crippen molar-refractivity contribution in [2.75, 3.05) is 17.8 Å². The van der Waals surface area contributed by atoms with Crippen LogP contribution in [0.2, 0.25) is 0 Å². The van der Waals surface area contributed by atoms with Gasteiger partial charge in [0.25, 0.3) is 15.9 Å². The van der Waals surface area contributed by atoms with Crippen LogP contribution in [0.25, 0.3) is 0 Å². The molecule has 0 heterocycles. The van der Waals surface area contributed by atoms with Gasteiger partial charge in [-0.2, -0.15) is 0 Å². The maximum Gasteiger partial charge on any atom is 0.261 e. The second-order valence-corrected chi connectivity index (χ2v) is 7.73. The quantitative estimate of drug-likeness (QED) is 0.668. The fourth-order valence-corrected chi connectivity index (χ4v) is 3.20. The first-order valence-electron chi connectivity index (χ1n) is 7.99. The SMILES string of the molecule is Cc1ccc(NS(=O)(=O)c2cccc(C(=O)NCC(C)CN)c2)cc1.Cl. The number of carbonyl (C=O) groups excluding carboxylic acids is 1. The summed E-state index contributed by atoms with van der Waals surface area (Å²) < 4.78 is 27.5. The van der Waals surface area contributed by atoms with E-state index >= 15 is 0 Å². The van der Waals surface area contributed by atoms with Gasteiger partial charge in [-0.3, -0.25) is 9.52 Å². The van der Waals surface area contributed by atoms with Gasteiger partial charge in [0, 0.05) is 17.8 Å². The molecule has 0 aliphatic carbocycles. The minimum atomic E-state index is -3.77. The Balaban J connectivity index is 0.00000338. The molecule has 2 aromatic carbocycles. The molecule has 0 radical (unpaired) electrons. The Morgan fingerprint density at radius 1 is 1.15 bits per heavy atom. The third kappa shape index (κ3) is 6.01. The smallest absolute Gasteiger partial charge is 0.261 e. The molecule has 2 rings (SSSR count). The number of hydrogen-bond acceptors (Lipinski definition) is 4. The molecule has 26 heavy (non-hydrogen) atoms. The molecule has 1 atom stereocenters. The Hall–Kier alpha value is -2.09. The summed E-state index contributed by atoms with van der Waals surface area (Å²) >= 11 is 0. The molecule has 4 N–H and O–H groups in total. The first-order valence-corrected chi connectivity index (χ1v) is 9.48. The Morgan fingerprint density at radius 2 is 1.81 bits per heavy atom. The van der Waals surface area contributed by atoms with Crippen LogP contribution in [-0.4, -0.2) is 27.4 Å².